The number of hydroxylamine groups is 1. The fourth-order valence-electron chi connectivity index (χ4n) is 0.875. The predicted octanol–water partition coefficient (Wildman–Crippen LogP) is 0.528. The van der Waals surface area contributed by atoms with Crippen LogP contribution in [0.3, 0.4) is 0 Å². The summed E-state index contributed by atoms with van der Waals surface area (Å²) in [7, 11) is 4.90. The molecule has 0 aliphatic carbocycles. The summed E-state index contributed by atoms with van der Waals surface area (Å²) in [4.78, 5) is 17.1. The first-order chi connectivity index (χ1) is 7.71. The molecule has 8 heteroatoms. The molecule has 90 valence electrons. The Bertz CT molecular complexity index is 338. The van der Waals surface area contributed by atoms with Crippen LogP contribution in [0.4, 0.5) is 11.9 Å². The number of rotatable bonds is 6. The molecular formula is C8H14ClN5O2. The predicted molar refractivity (Wildman–Crippen MR) is 61.0 cm³/mol. The first kappa shape index (κ1) is 12.7. The van der Waals surface area contributed by atoms with Gasteiger partial charge in [0.25, 0.3) is 5.95 Å². The zero-order chi connectivity index (χ0) is 12.0. The summed E-state index contributed by atoms with van der Waals surface area (Å²) in [6.45, 7) is 0.338. The molecule has 0 unspecified atom stereocenters. The van der Waals surface area contributed by atoms with Gasteiger partial charge < -0.3 is 10.1 Å². The third-order valence-corrected chi connectivity index (χ3v) is 1.84. The number of nitrogens with zero attached hydrogens (tertiary/aromatic N) is 4. The number of nitrogens with one attached hydrogen (secondary N) is 1. The van der Waals surface area contributed by atoms with Gasteiger partial charge in [-0.1, -0.05) is 0 Å². The standard InChI is InChI=1S/C8H14ClN5O2/c1-10-6-11-7(14(2)15-3)13-8(12-6)16-5-4-9/h4-5H2,1-3H3,(H,10,11,12,13). The molecule has 1 aromatic rings. The Morgan fingerprint density at radius 1 is 1.38 bits per heavy atom. The molecule has 0 aliphatic heterocycles. The van der Waals surface area contributed by atoms with Crippen molar-refractivity contribution in [1.29, 1.82) is 0 Å². The highest BCUT2D eigenvalue weighted by molar-refractivity contribution is 6.17. The maximum atomic E-state index is 5.51. The summed E-state index contributed by atoms with van der Waals surface area (Å²) in [5.74, 6) is 1.13. The van der Waals surface area contributed by atoms with Crippen LogP contribution < -0.4 is 15.1 Å². The quantitative estimate of drug-likeness (QED) is 0.581. The largest absolute Gasteiger partial charge is 0.462 e. The molecule has 0 amide bonds. The van der Waals surface area contributed by atoms with Crippen LogP contribution in [0.25, 0.3) is 0 Å². The monoisotopic (exact) mass is 247 g/mol. The summed E-state index contributed by atoms with van der Waals surface area (Å²) in [6, 6.07) is 0.207. The van der Waals surface area contributed by atoms with E-state index in [1.807, 2.05) is 0 Å². The lowest BCUT2D eigenvalue weighted by atomic mass is 10.8. The SMILES string of the molecule is CNc1nc(OCCCl)nc(N(C)OC)n1. The van der Waals surface area contributed by atoms with E-state index in [4.69, 9.17) is 21.2 Å². The minimum atomic E-state index is 0.207. The van der Waals surface area contributed by atoms with Crippen LogP contribution in [0.2, 0.25) is 0 Å². The Kier molecular flexibility index (Phi) is 5.00. The lowest BCUT2D eigenvalue weighted by Crippen LogP contribution is -2.19. The van der Waals surface area contributed by atoms with Crippen molar-refractivity contribution in [1.82, 2.24) is 15.0 Å². The lowest BCUT2D eigenvalue weighted by molar-refractivity contribution is 0.178. The van der Waals surface area contributed by atoms with E-state index in [2.05, 4.69) is 20.3 Å². The van der Waals surface area contributed by atoms with Crippen LogP contribution in [0.5, 0.6) is 6.01 Å². The van der Waals surface area contributed by atoms with E-state index < -0.39 is 0 Å². The van der Waals surface area contributed by atoms with Crippen LogP contribution >= 0.6 is 11.6 Å². The van der Waals surface area contributed by atoms with Crippen LogP contribution in [0.1, 0.15) is 0 Å². The second kappa shape index (κ2) is 6.29. The van der Waals surface area contributed by atoms with Crippen molar-refractivity contribution in [2.24, 2.45) is 0 Å². The average Bonchev–Trinajstić information content (AvgIpc) is 2.34. The number of hydrogen-bond donors (Lipinski definition) is 1. The van der Waals surface area contributed by atoms with Gasteiger partial charge in [0.05, 0.1) is 13.0 Å². The van der Waals surface area contributed by atoms with Gasteiger partial charge in [-0.15, -0.1) is 11.6 Å². The van der Waals surface area contributed by atoms with Crippen molar-refractivity contribution >= 4 is 23.5 Å². The van der Waals surface area contributed by atoms with E-state index >= 15 is 0 Å². The molecular weight excluding hydrogens is 234 g/mol. The first-order valence-corrected chi connectivity index (χ1v) is 5.15. The molecule has 0 aliphatic rings. The summed E-state index contributed by atoms with van der Waals surface area (Å²) in [5, 5.41) is 4.20. The molecule has 7 nitrogen and oxygen atoms in total. The minimum absolute atomic E-state index is 0.207. The molecule has 1 heterocycles. The van der Waals surface area contributed by atoms with Crippen LogP contribution in [0.15, 0.2) is 0 Å². The Morgan fingerprint density at radius 2 is 2.12 bits per heavy atom. The maximum Gasteiger partial charge on any atom is 0.323 e. The van der Waals surface area contributed by atoms with Crippen molar-refractivity contribution < 1.29 is 9.57 Å². The summed E-state index contributed by atoms with van der Waals surface area (Å²) < 4.78 is 5.22. The van der Waals surface area contributed by atoms with Crippen molar-refractivity contribution in [2.45, 2.75) is 0 Å². The van der Waals surface area contributed by atoms with Gasteiger partial charge in [-0.2, -0.15) is 15.0 Å². The first-order valence-electron chi connectivity index (χ1n) is 4.61. The Labute approximate surface area is 98.7 Å². The Balaban J connectivity index is 2.91. The van der Waals surface area contributed by atoms with E-state index in [1.54, 1.807) is 14.1 Å². The summed E-state index contributed by atoms with van der Waals surface area (Å²) in [6.07, 6.45) is 0. The smallest absolute Gasteiger partial charge is 0.323 e. The molecule has 0 radical (unpaired) electrons. The van der Waals surface area contributed by atoms with Gasteiger partial charge in [0.1, 0.15) is 6.61 Å². The molecule has 0 bridgehead atoms. The molecule has 0 fully saturated rings. The number of halogens is 1. The van der Waals surface area contributed by atoms with E-state index in [0.717, 1.165) is 0 Å². The van der Waals surface area contributed by atoms with Crippen molar-refractivity contribution in [2.75, 3.05) is 44.1 Å². The lowest BCUT2D eigenvalue weighted by Gasteiger charge is -2.14. The van der Waals surface area contributed by atoms with Gasteiger partial charge >= 0.3 is 6.01 Å². The number of anilines is 2. The molecule has 16 heavy (non-hydrogen) atoms. The molecule has 0 saturated carbocycles. The van der Waals surface area contributed by atoms with Crippen molar-refractivity contribution in [3.8, 4) is 6.01 Å². The van der Waals surface area contributed by atoms with E-state index in [1.165, 1.54) is 12.2 Å². The topological polar surface area (TPSA) is 72.4 Å². The molecule has 1 N–H and O–H groups in total. The van der Waals surface area contributed by atoms with Crippen molar-refractivity contribution in [3.05, 3.63) is 0 Å². The molecule has 1 aromatic heterocycles. The normalized spacial score (nSPS) is 10.0. The molecule has 0 saturated heterocycles. The minimum Gasteiger partial charge on any atom is -0.462 e. The van der Waals surface area contributed by atoms with E-state index in [9.17, 15) is 0 Å². The Morgan fingerprint density at radius 3 is 2.69 bits per heavy atom. The van der Waals surface area contributed by atoms with Crippen LogP contribution in [-0.2, 0) is 4.84 Å². The van der Waals surface area contributed by atoms with Crippen molar-refractivity contribution in [3.63, 3.8) is 0 Å². The highest BCUT2D eigenvalue weighted by Crippen LogP contribution is 2.13. The third-order valence-electron chi connectivity index (χ3n) is 1.69. The van der Waals surface area contributed by atoms with Gasteiger partial charge in [-0.25, -0.2) is 5.06 Å². The molecule has 0 spiro atoms. The number of alkyl halides is 1. The summed E-state index contributed by atoms with van der Waals surface area (Å²) in [5.41, 5.74) is 0. The Hall–Kier alpha value is -1.34. The van der Waals surface area contributed by atoms with E-state index in [0.29, 0.717) is 24.4 Å². The van der Waals surface area contributed by atoms with Crippen LogP contribution in [0, 0.1) is 0 Å². The zero-order valence-corrected chi connectivity index (χ0v) is 10.2. The number of ether oxygens (including phenoxy) is 1. The highest BCUT2D eigenvalue weighted by atomic mass is 35.5. The van der Waals surface area contributed by atoms with Gasteiger partial charge in [-0.05, 0) is 0 Å². The highest BCUT2D eigenvalue weighted by Gasteiger charge is 2.10. The molecule has 0 atom stereocenters. The molecule has 1 rings (SSSR count). The zero-order valence-electron chi connectivity index (χ0n) is 9.40. The maximum absolute atomic E-state index is 5.51. The third kappa shape index (κ3) is 3.35. The second-order valence-electron chi connectivity index (χ2n) is 2.71. The van der Waals surface area contributed by atoms with Crippen LogP contribution in [-0.4, -0.2) is 48.6 Å². The van der Waals surface area contributed by atoms with Gasteiger partial charge in [0.15, 0.2) is 0 Å². The van der Waals surface area contributed by atoms with Gasteiger partial charge in [-0.3, -0.25) is 4.84 Å². The average molecular weight is 248 g/mol. The molecule has 0 aromatic carbocycles. The second-order valence-corrected chi connectivity index (χ2v) is 3.09. The fourth-order valence-corrected chi connectivity index (χ4v) is 0.952. The number of aromatic nitrogens is 3. The number of hydrogen-bond acceptors (Lipinski definition) is 7. The van der Waals surface area contributed by atoms with Gasteiger partial charge in [0.2, 0.25) is 5.95 Å². The van der Waals surface area contributed by atoms with E-state index in [-0.39, 0.29) is 6.01 Å². The summed E-state index contributed by atoms with van der Waals surface area (Å²) >= 11 is 5.51. The fraction of sp³-hybridized carbons (Fsp3) is 0.625. The van der Waals surface area contributed by atoms with Gasteiger partial charge in [0, 0.05) is 14.1 Å².